The van der Waals surface area contributed by atoms with Crippen molar-refractivity contribution in [3.63, 3.8) is 0 Å². The second-order valence-corrected chi connectivity index (χ2v) is 5.35. The molecule has 0 bridgehead atoms. The summed E-state index contributed by atoms with van der Waals surface area (Å²) in [5.41, 5.74) is 6.29. The van der Waals surface area contributed by atoms with E-state index in [0.29, 0.717) is 11.5 Å². The number of hydrogen-bond acceptors (Lipinski definition) is 9. The van der Waals surface area contributed by atoms with Gasteiger partial charge < -0.3 is 35.8 Å². The normalized spacial score (nSPS) is 33.0. The average molecular weight is 327 g/mol. The van der Waals surface area contributed by atoms with Crippen LogP contribution in [0.1, 0.15) is 18.1 Å². The Morgan fingerprint density at radius 3 is 2.74 bits per heavy atom. The van der Waals surface area contributed by atoms with Crippen molar-refractivity contribution >= 4 is 18.1 Å². The topological polar surface area (TPSA) is 167 Å². The van der Waals surface area contributed by atoms with Gasteiger partial charge in [-0.05, 0) is 0 Å². The van der Waals surface area contributed by atoms with E-state index in [4.69, 9.17) is 20.7 Å². The van der Waals surface area contributed by atoms with Crippen molar-refractivity contribution in [3.8, 4) is 0 Å². The zero-order valence-electron chi connectivity index (χ0n) is 11.9. The molecule has 0 aliphatic carbocycles. The number of aliphatic hydroxyl groups is 3. The van der Waals surface area contributed by atoms with E-state index in [1.165, 1.54) is 22.1 Å². The standard InChI is InChI=1S/C12H17N5O6/c13-10-7-11(15-3-16(10)1-6(19)20)17(4-14-7)12-9(22)8(21)5(2-18)23-12/h3-5,8-10,12,18,21-22H,1-2,13H2,(H,19,20)/t5-,8?,9?,10?,12-/m0/s1. The molecule has 1 saturated heterocycles. The number of imidazole rings is 1. The fraction of sp³-hybridized carbons (Fsp3) is 0.583. The highest BCUT2D eigenvalue weighted by Crippen LogP contribution is 2.36. The average Bonchev–Trinajstić information content (AvgIpc) is 3.05. The van der Waals surface area contributed by atoms with Gasteiger partial charge in [-0.2, -0.15) is 0 Å². The lowest BCUT2D eigenvalue weighted by Gasteiger charge is -2.28. The molecule has 1 aromatic rings. The molecule has 1 aromatic heterocycles. The van der Waals surface area contributed by atoms with Crippen molar-refractivity contribution < 1.29 is 30.0 Å². The minimum Gasteiger partial charge on any atom is -0.480 e. The summed E-state index contributed by atoms with van der Waals surface area (Å²) < 4.78 is 6.82. The van der Waals surface area contributed by atoms with Crippen molar-refractivity contribution in [1.82, 2.24) is 14.5 Å². The van der Waals surface area contributed by atoms with Gasteiger partial charge in [-0.15, -0.1) is 0 Å². The summed E-state index contributed by atoms with van der Waals surface area (Å²) >= 11 is 0. The molecular formula is C12H17N5O6. The Morgan fingerprint density at radius 1 is 1.39 bits per heavy atom. The summed E-state index contributed by atoms with van der Waals surface area (Å²) in [5.74, 6) is -0.757. The highest BCUT2D eigenvalue weighted by Gasteiger charge is 2.44. The quantitative estimate of drug-likeness (QED) is 0.402. The van der Waals surface area contributed by atoms with Gasteiger partial charge in [-0.25, -0.2) is 9.98 Å². The van der Waals surface area contributed by atoms with E-state index in [0.717, 1.165) is 0 Å². The number of carboxylic acid groups (broad SMARTS) is 1. The fourth-order valence-electron chi connectivity index (χ4n) is 2.66. The molecule has 1 fully saturated rings. The molecule has 2 aliphatic rings. The van der Waals surface area contributed by atoms with Gasteiger partial charge in [0.15, 0.2) is 12.0 Å². The van der Waals surface area contributed by atoms with Crippen molar-refractivity contribution in [2.24, 2.45) is 10.7 Å². The van der Waals surface area contributed by atoms with Crippen LogP contribution in [0, 0.1) is 0 Å². The Hall–Kier alpha value is -2.05. The Kier molecular flexibility index (Phi) is 4.04. The highest BCUT2D eigenvalue weighted by molar-refractivity contribution is 5.75. The summed E-state index contributed by atoms with van der Waals surface area (Å²) in [5, 5.41) is 37.9. The van der Waals surface area contributed by atoms with Crippen molar-refractivity contribution in [2.75, 3.05) is 13.2 Å². The Balaban J connectivity index is 1.88. The predicted octanol–water partition coefficient (Wildman–Crippen LogP) is -2.49. The molecule has 11 heteroatoms. The molecule has 6 N–H and O–H groups in total. The number of aliphatic hydroxyl groups excluding tert-OH is 3. The van der Waals surface area contributed by atoms with E-state index in [1.54, 1.807) is 0 Å². The van der Waals surface area contributed by atoms with Crippen LogP contribution in [0.25, 0.3) is 0 Å². The molecule has 23 heavy (non-hydrogen) atoms. The number of hydrogen-bond donors (Lipinski definition) is 5. The van der Waals surface area contributed by atoms with Crippen LogP contribution in [0.5, 0.6) is 0 Å². The number of aliphatic imine (C=N–C) groups is 1. The first-order chi connectivity index (χ1) is 10.9. The fourth-order valence-corrected chi connectivity index (χ4v) is 2.66. The molecule has 3 rings (SSSR count). The number of rotatable bonds is 4. The van der Waals surface area contributed by atoms with Crippen LogP contribution in [0.15, 0.2) is 11.3 Å². The highest BCUT2D eigenvalue weighted by atomic mass is 16.6. The number of aliphatic carboxylic acids is 1. The zero-order valence-corrected chi connectivity index (χ0v) is 11.9. The lowest BCUT2D eigenvalue weighted by molar-refractivity contribution is -0.137. The largest absolute Gasteiger partial charge is 0.480 e. The monoisotopic (exact) mass is 327 g/mol. The summed E-state index contributed by atoms with van der Waals surface area (Å²) in [4.78, 5) is 20.3. The van der Waals surface area contributed by atoms with E-state index < -0.39 is 43.3 Å². The third kappa shape index (κ3) is 2.58. The molecule has 0 saturated carbocycles. The molecular weight excluding hydrogens is 310 g/mol. The number of nitrogens with two attached hydrogens (primary N) is 1. The van der Waals surface area contributed by atoms with Crippen molar-refractivity contribution in [1.29, 1.82) is 0 Å². The van der Waals surface area contributed by atoms with E-state index >= 15 is 0 Å². The smallest absolute Gasteiger partial charge is 0.323 e. The molecule has 0 aromatic carbocycles. The molecule has 5 atom stereocenters. The van der Waals surface area contributed by atoms with Gasteiger partial charge in [-0.1, -0.05) is 0 Å². The first-order valence-electron chi connectivity index (χ1n) is 6.90. The van der Waals surface area contributed by atoms with Crippen LogP contribution < -0.4 is 5.73 Å². The van der Waals surface area contributed by atoms with Crippen molar-refractivity contribution in [2.45, 2.75) is 30.7 Å². The van der Waals surface area contributed by atoms with Crippen LogP contribution >= 0.6 is 0 Å². The Labute approximate surface area is 130 Å². The molecule has 0 amide bonds. The molecule has 3 unspecified atom stereocenters. The van der Waals surface area contributed by atoms with Crippen LogP contribution in [0.4, 0.5) is 5.82 Å². The maximum Gasteiger partial charge on any atom is 0.323 e. The first-order valence-corrected chi connectivity index (χ1v) is 6.90. The number of nitrogens with zero attached hydrogens (tertiary/aromatic N) is 4. The summed E-state index contributed by atoms with van der Waals surface area (Å²) in [7, 11) is 0. The van der Waals surface area contributed by atoms with Crippen LogP contribution in [0.2, 0.25) is 0 Å². The second kappa shape index (κ2) is 5.86. The number of carboxylic acids is 1. The van der Waals surface area contributed by atoms with Crippen molar-refractivity contribution in [3.05, 3.63) is 12.0 Å². The number of aromatic nitrogens is 2. The summed E-state index contributed by atoms with van der Waals surface area (Å²) in [6, 6.07) is 0. The minimum atomic E-state index is -1.27. The Morgan fingerprint density at radius 2 is 2.13 bits per heavy atom. The van der Waals surface area contributed by atoms with E-state index in [9.17, 15) is 15.0 Å². The van der Waals surface area contributed by atoms with E-state index in [1.807, 2.05) is 0 Å². The maximum atomic E-state index is 10.8. The molecule has 126 valence electrons. The van der Waals surface area contributed by atoms with E-state index in [2.05, 4.69) is 9.98 Å². The van der Waals surface area contributed by atoms with Crippen LogP contribution in [-0.2, 0) is 9.53 Å². The SMILES string of the molecule is NC1c2ncn([C@H]3O[C@@H](CO)C(O)C3O)c2N=CN1CC(=O)O. The zero-order chi connectivity index (χ0) is 16.7. The van der Waals surface area contributed by atoms with Crippen LogP contribution in [-0.4, -0.2) is 78.6 Å². The lowest BCUT2D eigenvalue weighted by Crippen LogP contribution is -2.39. The van der Waals surface area contributed by atoms with Gasteiger partial charge in [0.2, 0.25) is 0 Å². The van der Waals surface area contributed by atoms with Gasteiger partial charge in [0.1, 0.15) is 36.7 Å². The number of carbonyl (C=O) groups is 1. The van der Waals surface area contributed by atoms with Gasteiger partial charge >= 0.3 is 5.97 Å². The molecule has 11 nitrogen and oxygen atoms in total. The maximum absolute atomic E-state index is 10.8. The van der Waals surface area contributed by atoms with Gasteiger partial charge in [-0.3, -0.25) is 9.36 Å². The molecule has 2 aliphatic heterocycles. The third-order valence-electron chi connectivity index (χ3n) is 3.87. The minimum absolute atomic E-state index is 0.300. The summed E-state index contributed by atoms with van der Waals surface area (Å²) in [6.45, 7) is -0.772. The Bertz CT molecular complexity index is 633. The second-order valence-electron chi connectivity index (χ2n) is 5.35. The van der Waals surface area contributed by atoms with Gasteiger partial charge in [0.05, 0.1) is 19.3 Å². The molecule has 0 radical (unpaired) electrons. The molecule has 3 heterocycles. The van der Waals surface area contributed by atoms with Gasteiger partial charge in [0, 0.05) is 0 Å². The lowest BCUT2D eigenvalue weighted by atomic mass is 10.1. The predicted molar refractivity (Wildman–Crippen MR) is 74.7 cm³/mol. The first kappa shape index (κ1) is 15.8. The number of fused-ring (bicyclic) bond motifs is 1. The molecule has 0 spiro atoms. The summed E-state index contributed by atoms with van der Waals surface area (Å²) in [6.07, 6.45) is -2.60. The van der Waals surface area contributed by atoms with Gasteiger partial charge in [0.25, 0.3) is 0 Å². The van der Waals surface area contributed by atoms with E-state index in [-0.39, 0.29) is 6.54 Å². The third-order valence-corrected chi connectivity index (χ3v) is 3.87. The number of ether oxygens (including phenoxy) is 1. The van der Waals surface area contributed by atoms with Crippen LogP contribution in [0.3, 0.4) is 0 Å².